The second kappa shape index (κ2) is 8.42. The van der Waals surface area contributed by atoms with Crippen LogP contribution in [0.5, 0.6) is 5.75 Å². The quantitative estimate of drug-likeness (QED) is 0.439. The Bertz CT molecular complexity index is 984. The SMILES string of the molecule is COC(=O)C1=C(C)NC(=O)NC1c1cccc(OCc2ccc([N+](=O)[O-])cc2)c1. The molecule has 0 bridgehead atoms. The molecular weight excluding hydrogens is 378 g/mol. The first kappa shape index (κ1) is 19.9. The molecule has 0 saturated carbocycles. The summed E-state index contributed by atoms with van der Waals surface area (Å²) in [4.78, 5) is 34.3. The summed E-state index contributed by atoms with van der Waals surface area (Å²) in [5.74, 6) is -0.0206. The molecule has 150 valence electrons. The number of amides is 2. The maximum absolute atomic E-state index is 12.2. The topological polar surface area (TPSA) is 120 Å². The van der Waals surface area contributed by atoms with Crippen molar-refractivity contribution < 1.29 is 24.0 Å². The lowest BCUT2D eigenvalue weighted by atomic mass is 9.95. The first-order valence-corrected chi connectivity index (χ1v) is 8.71. The molecule has 1 atom stereocenters. The number of urea groups is 1. The van der Waals surface area contributed by atoms with Crippen molar-refractivity contribution in [2.75, 3.05) is 7.11 Å². The Hall–Kier alpha value is -3.88. The number of esters is 1. The summed E-state index contributed by atoms with van der Waals surface area (Å²) in [5, 5.41) is 16.0. The molecular formula is C20H19N3O6. The number of nitrogens with zero attached hydrogens (tertiary/aromatic N) is 1. The minimum atomic E-state index is -0.681. The second-order valence-electron chi connectivity index (χ2n) is 6.35. The van der Waals surface area contributed by atoms with Crippen molar-refractivity contribution in [2.24, 2.45) is 0 Å². The van der Waals surface area contributed by atoms with Crippen LogP contribution in [0.3, 0.4) is 0 Å². The monoisotopic (exact) mass is 397 g/mol. The van der Waals surface area contributed by atoms with Gasteiger partial charge in [-0.3, -0.25) is 10.1 Å². The van der Waals surface area contributed by atoms with Gasteiger partial charge in [0.25, 0.3) is 5.69 Å². The fraction of sp³-hybridized carbons (Fsp3) is 0.200. The van der Waals surface area contributed by atoms with E-state index in [4.69, 9.17) is 9.47 Å². The van der Waals surface area contributed by atoms with Crippen LogP contribution in [0.2, 0.25) is 0 Å². The summed E-state index contributed by atoms with van der Waals surface area (Å²) in [5.41, 5.74) is 2.15. The van der Waals surface area contributed by atoms with Gasteiger partial charge in [0.1, 0.15) is 12.4 Å². The van der Waals surface area contributed by atoms with Gasteiger partial charge >= 0.3 is 12.0 Å². The number of nitrogens with one attached hydrogen (secondary N) is 2. The number of hydrogen-bond acceptors (Lipinski definition) is 6. The highest BCUT2D eigenvalue weighted by Crippen LogP contribution is 2.29. The average Bonchev–Trinajstić information content (AvgIpc) is 2.71. The average molecular weight is 397 g/mol. The molecule has 0 spiro atoms. The first-order chi connectivity index (χ1) is 13.9. The Morgan fingerprint density at radius 1 is 1.21 bits per heavy atom. The zero-order valence-electron chi connectivity index (χ0n) is 15.8. The van der Waals surface area contributed by atoms with Gasteiger partial charge in [-0.15, -0.1) is 0 Å². The maximum atomic E-state index is 12.2. The molecule has 2 aromatic carbocycles. The molecule has 2 aromatic rings. The molecule has 1 heterocycles. The molecule has 0 aliphatic carbocycles. The van der Waals surface area contributed by atoms with Gasteiger partial charge in [0.15, 0.2) is 0 Å². The lowest BCUT2D eigenvalue weighted by molar-refractivity contribution is -0.384. The lowest BCUT2D eigenvalue weighted by Gasteiger charge is -2.28. The molecule has 1 unspecified atom stereocenters. The fourth-order valence-electron chi connectivity index (χ4n) is 2.99. The number of hydrogen-bond donors (Lipinski definition) is 2. The van der Waals surface area contributed by atoms with E-state index in [1.807, 2.05) is 0 Å². The van der Waals surface area contributed by atoms with Crippen LogP contribution in [0, 0.1) is 10.1 Å². The van der Waals surface area contributed by atoms with E-state index in [-0.39, 0.29) is 12.3 Å². The Balaban J connectivity index is 1.79. The molecule has 1 aliphatic rings. The molecule has 9 heteroatoms. The molecule has 2 N–H and O–H groups in total. The van der Waals surface area contributed by atoms with Crippen LogP contribution < -0.4 is 15.4 Å². The van der Waals surface area contributed by atoms with Crippen LogP contribution in [-0.4, -0.2) is 24.0 Å². The summed E-state index contributed by atoms with van der Waals surface area (Å²) in [6, 6.07) is 11.9. The van der Waals surface area contributed by atoms with E-state index < -0.39 is 23.0 Å². The zero-order chi connectivity index (χ0) is 21.0. The number of ether oxygens (including phenoxy) is 2. The largest absolute Gasteiger partial charge is 0.489 e. The van der Waals surface area contributed by atoms with Crippen molar-refractivity contribution in [2.45, 2.75) is 19.6 Å². The molecule has 2 amide bonds. The molecule has 1 aliphatic heterocycles. The summed E-state index contributed by atoms with van der Waals surface area (Å²) >= 11 is 0. The summed E-state index contributed by atoms with van der Waals surface area (Å²) in [7, 11) is 1.28. The van der Waals surface area contributed by atoms with E-state index in [1.54, 1.807) is 43.3 Å². The minimum Gasteiger partial charge on any atom is -0.489 e. The molecule has 0 radical (unpaired) electrons. The Labute approximate surface area is 166 Å². The Kier molecular flexibility index (Phi) is 5.77. The molecule has 3 rings (SSSR count). The van der Waals surface area contributed by atoms with Crippen molar-refractivity contribution in [3.8, 4) is 5.75 Å². The minimum absolute atomic E-state index is 0.00916. The molecule has 0 saturated heterocycles. The van der Waals surface area contributed by atoms with Crippen molar-refractivity contribution in [3.05, 3.63) is 81.0 Å². The molecule has 0 aromatic heterocycles. The highest BCUT2D eigenvalue weighted by molar-refractivity contribution is 5.94. The molecule has 29 heavy (non-hydrogen) atoms. The summed E-state index contributed by atoms with van der Waals surface area (Å²) < 4.78 is 10.6. The van der Waals surface area contributed by atoms with Gasteiger partial charge in [0.05, 0.1) is 23.6 Å². The zero-order valence-corrected chi connectivity index (χ0v) is 15.8. The number of non-ortho nitro benzene ring substituents is 1. The van der Waals surface area contributed by atoms with Crippen LogP contribution in [-0.2, 0) is 16.1 Å². The molecule has 9 nitrogen and oxygen atoms in total. The van der Waals surface area contributed by atoms with Crippen molar-refractivity contribution in [1.29, 1.82) is 0 Å². The number of carbonyl (C=O) groups is 2. The van der Waals surface area contributed by atoms with Crippen LogP contribution >= 0.6 is 0 Å². The van der Waals surface area contributed by atoms with Crippen molar-refractivity contribution in [3.63, 3.8) is 0 Å². The van der Waals surface area contributed by atoms with E-state index in [0.29, 0.717) is 22.6 Å². The number of methoxy groups -OCH3 is 1. The Morgan fingerprint density at radius 2 is 1.93 bits per heavy atom. The van der Waals surface area contributed by atoms with Gasteiger partial charge in [0.2, 0.25) is 0 Å². The summed E-state index contributed by atoms with van der Waals surface area (Å²) in [6.45, 7) is 1.84. The van der Waals surface area contributed by atoms with Crippen LogP contribution in [0.1, 0.15) is 24.1 Å². The third-order valence-electron chi connectivity index (χ3n) is 4.42. The van der Waals surface area contributed by atoms with E-state index >= 15 is 0 Å². The predicted molar refractivity (Wildman–Crippen MR) is 103 cm³/mol. The number of benzene rings is 2. The number of rotatable bonds is 6. The second-order valence-corrected chi connectivity index (χ2v) is 6.35. The molecule has 0 fully saturated rings. The first-order valence-electron chi connectivity index (χ1n) is 8.71. The van der Waals surface area contributed by atoms with Gasteiger partial charge in [-0.05, 0) is 42.3 Å². The number of nitro benzene ring substituents is 1. The van der Waals surface area contributed by atoms with Crippen molar-refractivity contribution >= 4 is 17.7 Å². The number of nitro groups is 1. The lowest BCUT2D eigenvalue weighted by Crippen LogP contribution is -2.45. The highest BCUT2D eigenvalue weighted by Gasteiger charge is 2.31. The van der Waals surface area contributed by atoms with Gasteiger partial charge < -0.3 is 20.1 Å². The fourth-order valence-corrected chi connectivity index (χ4v) is 2.99. The van der Waals surface area contributed by atoms with Gasteiger partial charge in [0, 0.05) is 17.8 Å². The standard InChI is InChI=1S/C20H19N3O6/c1-12-17(19(24)28-2)18(22-20(25)21-12)14-4-3-5-16(10-14)29-11-13-6-8-15(9-7-13)23(26)27/h3-10,18H,11H2,1-2H3,(H2,21,22,25). The third kappa shape index (κ3) is 4.52. The predicted octanol–water partition coefficient (Wildman–Crippen LogP) is 2.97. The van der Waals surface area contributed by atoms with Crippen LogP contribution in [0.25, 0.3) is 0 Å². The Morgan fingerprint density at radius 3 is 2.59 bits per heavy atom. The van der Waals surface area contributed by atoms with Gasteiger partial charge in [-0.2, -0.15) is 0 Å². The smallest absolute Gasteiger partial charge is 0.337 e. The maximum Gasteiger partial charge on any atom is 0.337 e. The van der Waals surface area contributed by atoms with Gasteiger partial charge in [-0.25, -0.2) is 9.59 Å². The van der Waals surface area contributed by atoms with E-state index in [2.05, 4.69) is 10.6 Å². The van der Waals surface area contributed by atoms with Gasteiger partial charge in [-0.1, -0.05) is 12.1 Å². The normalized spacial score (nSPS) is 15.9. The number of allylic oxidation sites excluding steroid dienone is 1. The van der Waals surface area contributed by atoms with Crippen LogP contribution in [0.4, 0.5) is 10.5 Å². The van der Waals surface area contributed by atoms with E-state index in [9.17, 15) is 19.7 Å². The van der Waals surface area contributed by atoms with Crippen molar-refractivity contribution in [1.82, 2.24) is 10.6 Å². The van der Waals surface area contributed by atoms with E-state index in [0.717, 1.165) is 5.56 Å². The van der Waals surface area contributed by atoms with E-state index in [1.165, 1.54) is 19.2 Å². The third-order valence-corrected chi connectivity index (χ3v) is 4.42. The van der Waals surface area contributed by atoms with Crippen LogP contribution in [0.15, 0.2) is 59.8 Å². The number of carbonyl (C=O) groups excluding carboxylic acids is 2. The summed E-state index contributed by atoms with van der Waals surface area (Å²) in [6.07, 6.45) is 0. The highest BCUT2D eigenvalue weighted by atomic mass is 16.6.